The summed E-state index contributed by atoms with van der Waals surface area (Å²) >= 11 is 5.07. The van der Waals surface area contributed by atoms with Crippen LogP contribution in [0.25, 0.3) is 0 Å². The Bertz CT molecular complexity index is 522. The molecule has 1 aliphatic rings. The number of nitrogens with zero attached hydrogens (tertiary/aromatic N) is 1. The fourth-order valence-corrected chi connectivity index (χ4v) is 2.28. The Kier molecular flexibility index (Phi) is 3.29. The molecule has 0 spiro atoms. The highest BCUT2D eigenvalue weighted by molar-refractivity contribution is 7.71. The van der Waals surface area contributed by atoms with E-state index in [1.54, 1.807) is 26.5 Å². The van der Waals surface area contributed by atoms with Crippen LogP contribution in [0.15, 0.2) is 17.1 Å². The Labute approximate surface area is 106 Å². The van der Waals surface area contributed by atoms with E-state index in [0.717, 1.165) is 12.8 Å². The average Bonchev–Trinajstić information content (AvgIpc) is 2.65. The Morgan fingerprint density at radius 3 is 2.82 bits per heavy atom. The molecule has 0 bridgehead atoms. The van der Waals surface area contributed by atoms with Crippen molar-refractivity contribution in [2.24, 2.45) is 0 Å². The molecule has 8 heteroatoms. The highest BCUT2D eigenvalue weighted by atomic mass is 32.1. The van der Waals surface area contributed by atoms with E-state index in [9.17, 15) is 9.90 Å². The van der Waals surface area contributed by atoms with Crippen molar-refractivity contribution in [1.82, 2.24) is 9.55 Å². The van der Waals surface area contributed by atoms with Gasteiger partial charge >= 0.3 is 0 Å². The van der Waals surface area contributed by atoms with Gasteiger partial charge in [0.2, 0.25) is 0 Å². The van der Waals surface area contributed by atoms with Gasteiger partial charge in [0.05, 0.1) is 6.10 Å². The van der Waals surface area contributed by atoms with Crippen LogP contribution in [0.1, 0.15) is 19.1 Å². The third-order valence-electron chi connectivity index (χ3n) is 2.95. The van der Waals surface area contributed by atoms with Gasteiger partial charge in [-0.1, -0.05) is 0 Å². The monoisotopic (exact) mass is 252 g/mol. The van der Waals surface area contributed by atoms with Crippen molar-refractivity contribution in [3.63, 3.8) is 0 Å². The predicted molar refractivity (Wildman–Crippen MR) is 71.1 cm³/mol. The summed E-state index contributed by atoms with van der Waals surface area (Å²) in [7, 11) is 3.46. The van der Waals surface area contributed by atoms with Crippen LogP contribution in [-0.2, 0) is 4.74 Å². The Hall–Kier alpha value is -0.850. The first-order valence-electron chi connectivity index (χ1n) is 5.57. The van der Waals surface area contributed by atoms with Crippen LogP contribution in [-0.4, -0.2) is 41.9 Å². The molecule has 1 fully saturated rings. The van der Waals surface area contributed by atoms with Gasteiger partial charge in [-0.15, -0.1) is 0 Å². The van der Waals surface area contributed by atoms with E-state index in [1.165, 1.54) is 6.07 Å². The van der Waals surface area contributed by atoms with E-state index < -0.39 is 5.40 Å². The lowest BCUT2D eigenvalue weighted by molar-refractivity contribution is -0.0495. The Morgan fingerprint density at radius 2 is 2.29 bits per heavy atom. The number of aromatic nitrogens is 2. The fourth-order valence-electron chi connectivity index (χ4n) is 2.00. The molecule has 1 aromatic rings. The van der Waals surface area contributed by atoms with Gasteiger partial charge in [0.1, 0.15) is 21.9 Å². The van der Waals surface area contributed by atoms with Gasteiger partial charge in [0, 0.05) is 17.7 Å². The molecule has 1 saturated heterocycles. The summed E-state index contributed by atoms with van der Waals surface area (Å²) in [4.78, 5) is 13.6. The van der Waals surface area contributed by atoms with Gasteiger partial charge in [-0.3, -0.25) is 14.3 Å². The maximum Gasteiger partial charge on any atom is 0.251 e. The number of ether oxygens (including phenoxy) is 1. The van der Waals surface area contributed by atoms with Crippen molar-refractivity contribution < 1.29 is 9.84 Å². The molecule has 0 aromatic carbocycles. The first-order chi connectivity index (χ1) is 7.88. The maximum absolute atomic E-state index is 11.1. The zero-order chi connectivity index (χ0) is 12.6. The highest BCUT2D eigenvalue weighted by Gasteiger charge is 2.35. The minimum Gasteiger partial charge on any atom is -0.405 e. The SMILES string of the molecule is BC(B)(O)C1CCC(n2ccc(=O)[nH]c2=S)O1. The summed E-state index contributed by atoms with van der Waals surface area (Å²) in [6.07, 6.45) is 2.75. The van der Waals surface area contributed by atoms with Crippen LogP contribution < -0.4 is 5.56 Å². The maximum atomic E-state index is 11.1. The summed E-state index contributed by atoms with van der Waals surface area (Å²) in [5.74, 6) is 0. The first-order valence-corrected chi connectivity index (χ1v) is 5.98. The standard InChI is InChI=1S/C9H14B2N2O3S/c10-9(11,15)5-1-2-7(16-5)13-4-3-6(14)12-8(13)17/h3-5,7,15H,1-2,10-11H2,(H,12,14,17). The van der Waals surface area contributed by atoms with E-state index in [1.807, 2.05) is 0 Å². The molecule has 17 heavy (non-hydrogen) atoms. The number of nitrogens with one attached hydrogen (secondary N) is 1. The van der Waals surface area contributed by atoms with Crippen LogP contribution in [0, 0.1) is 4.77 Å². The summed E-state index contributed by atoms with van der Waals surface area (Å²) in [5, 5.41) is 9.02. The van der Waals surface area contributed by atoms with Gasteiger partial charge < -0.3 is 9.84 Å². The molecule has 2 N–H and O–H groups in total. The number of hydrogen-bond donors (Lipinski definition) is 2. The lowest BCUT2D eigenvalue weighted by atomic mass is 9.61. The fraction of sp³-hybridized carbons (Fsp3) is 0.556. The molecule has 0 aliphatic carbocycles. The normalized spacial score (nSPS) is 25.0. The molecular weight excluding hydrogens is 238 g/mol. The second-order valence-corrected chi connectivity index (χ2v) is 5.21. The van der Waals surface area contributed by atoms with Crippen LogP contribution in [0.3, 0.4) is 0 Å². The topological polar surface area (TPSA) is 67.2 Å². The predicted octanol–water partition coefficient (Wildman–Crippen LogP) is -1.50. The number of aromatic amines is 1. The van der Waals surface area contributed by atoms with Crippen LogP contribution in [0.4, 0.5) is 0 Å². The average molecular weight is 252 g/mol. The smallest absolute Gasteiger partial charge is 0.251 e. The summed E-state index contributed by atoms with van der Waals surface area (Å²) in [5.41, 5.74) is -0.219. The van der Waals surface area contributed by atoms with E-state index in [2.05, 4.69) is 4.98 Å². The zero-order valence-electron chi connectivity index (χ0n) is 9.84. The van der Waals surface area contributed by atoms with Gasteiger partial charge in [0.15, 0.2) is 4.77 Å². The highest BCUT2D eigenvalue weighted by Crippen LogP contribution is 2.31. The third-order valence-corrected chi connectivity index (χ3v) is 3.26. The second-order valence-electron chi connectivity index (χ2n) is 4.83. The molecular formula is C9H14B2N2O3S. The molecule has 1 aliphatic heterocycles. The van der Waals surface area contributed by atoms with Crippen molar-refractivity contribution in [2.45, 2.75) is 30.6 Å². The number of H-pyrrole nitrogens is 1. The molecule has 2 atom stereocenters. The van der Waals surface area contributed by atoms with Gasteiger partial charge in [-0.2, -0.15) is 0 Å². The molecule has 0 amide bonds. The number of rotatable bonds is 2. The minimum atomic E-state index is -0.862. The van der Waals surface area contributed by atoms with E-state index >= 15 is 0 Å². The quantitative estimate of drug-likeness (QED) is 0.496. The second kappa shape index (κ2) is 4.44. The van der Waals surface area contributed by atoms with Crippen LogP contribution in [0.5, 0.6) is 0 Å². The molecule has 5 nitrogen and oxygen atoms in total. The Balaban J connectivity index is 2.21. The van der Waals surface area contributed by atoms with Crippen LogP contribution in [0.2, 0.25) is 0 Å². The van der Waals surface area contributed by atoms with Crippen LogP contribution >= 0.6 is 12.2 Å². The molecule has 2 unspecified atom stereocenters. The molecule has 2 rings (SSSR count). The minimum absolute atomic E-state index is 0.207. The summed E-state index contributed by atoms with van der Waals surface area (Å²) < 4.78 is 7.81. The van der Waals surface area contributed by atoms with Crippen molar-refractivity contribution in [3.8, 4) is 0 Å². The molecule has 2 heterocycles. The van der Waals surface area contributed by atoms with E-state index in [0.29, 0.717) is 4.77 Å². The summed E-state index contributed by atoms with van der Waals surface area (Å²) in [6.45, 7) is 0. The van der Waals surface area contributed by atoms with Crippen molar-refractivity contribution in [2.75, 3.05) is 0 Å². The lowest BCUT2D eigenvalue weighted by Crippen LogP contribution is -2.43. The first kappa shape index (κ1) is 12.6. The summed E-state index contributed by atoms with van der Waals surface area (Å²) in [6, 6.07) is 1.41. The van der Waals surface area contributed by atoms with E-state index in [4.69, 9.17) is 17.0 Å². The van der Waals surface area contributed by atoms with Crippen molar-refractivity contribution >= 4 is 27.9 Å². The van der Waals surface area contributed by atoms with Gasteiger partial charge in [0.25, 0.3) is 5.56 Å². The Morgan fingerprint density at radius 1 is 1.59 bits per heavy atom. The molecule has 0 radical (unpaired) electrons. The van der Waals surface area contributed by atoms with Crippen molar-refractivity contribution in [1.29, 1.82) is 0 Å². The largest absolute Gasteiger partial charge is 0.405 e. The molecule has 0 saturated carbocycles. The zero-order valence-corrected chi connectivity index (χ0v) is 10.7. The number of aliphatic hydroxyl groups is 1. The number of hydrogen-bond acceptors (Lipinski definition) is 4. The van der Waals surface area contributed by atoms with Gasteiger partial charge in [-0.05, 0) is 25.1 Å². The molecule has 1 aromatic heterocycles. The van der Waals surface area contributed by atoms with Crippen molar-refractivity contribution in [3.05, 3.63) is 27.4 Å². The lowest BCUT2D eigenvalue weighted by Gasteiger charge is -2.26. The third kappa shape index (κ3) is 2.70. The van der Waals surface area contributed by atoms with Gasteiger partial charge in [-0.25, -0.2) is 0 Å². The molecule has 90 valence electrons. The van der Waals surface area contributed by atoms with E-state index in [-0.39, 0.29) is 17.9 Å².